The Hall–Kier alpha value is -3.33. The van der Waals surface area contributed by atoms with E-state index in [0.29, 0.717) is 11.3 Å². The number of anilines is 1. The van der Waals surface area contributed by atoms with E-state index in [9.17, 15) is 14.9 Å². The highest BCUT2D eigenvalue weighted by Gasteiger charge is 2.60. The van der Waals surface area contributed by atoms with Gasteiger partial charge in [0.15, 0.2) is 5.78 Å². The summed E-state index contributed by atoms with van der Waals surface area (Å²) in [6, 6.07) is 9.07. The normalized spacial score (nSPS) is 22.0. The fourth-order valence-electron chi connectivity index (χ4n) is 3.74. The summed E-state index contributed by atoms with van der Waals surface area (Å²) in [6.45, 7) is 6.87. The molecule has 2 aliphatic rings. The van der Waals surface area contributed by atoms with Crippen molar-refractivity contribution >= 4 is 17.4 Å². The molecule has 0 fully saturated rings. The van der Waals surface area contributed by atoms with Crippen LogP contribution in [0.3, 0.4) is 0 Å². The molecule has 2 aliphatic heterocycles. The number of benzene rings is 1. The van der Waals surface area contributed by atoms with Crippen LogP contribution in [0.15, 0.2) is 59.7 Å². The first-order valence-corrected chi connectivity index (χ1v) is 7.74. The Kier molecular flexibility index (Phi) is 3.73. The van der Waals surface area contributed by atoms with Gasteiger partial charge in [0.2, 0.25) is 11.8 Å². The second kappa shape index (κ2) is 5.64. The molecule has 126 valence electrons. The molecule has 2 N–H and O–H groups in total. The van der Waals surface area contributed by atoms with E-state index in [1.807, 2.05) is 6.07 Å². The lowest BCUT2D eigenvalue weighted by Gasteiger charge is -2.34. The number of amides is 1. The Labute approximate surface area is 145 Å². The van der Waals surface area contributed by atoms with E-state index in [1.165, 1.54) is 11.8 Å². The fourth-order valence-corrected chi connectivity index (χ4v) is 3.74. The lowest BCUT2D eigenvalue weighted by molar-refractivity contribution is -0.123. The second-order valence-corrected chi connectivity index (χ2v) is 5.91. The van der Waals surface area contributed by atoms with Gasteiger partial charge in [0.1, 0.15) is 22.8 Å². The van der Waals surface area contributed by atoms with Gasteiger partial charge in [-0.3, -0.25) is 9.59 Å². The van der Waals surface area contributed by atoms with Crippen LogP contribution in [0.25, 0.3) is 0 Å². The van der Waals surface area contributed by atoms with Crippen LogP contribution < -0.4 is 10.6 Å². The number of nitrogens with zero attached hydrogens (tertiary/aromatic N) is 2. The summed E-state index contributed by atoms with van der Waals surface area (Å²) in [6.07, 6.45) is 1.59. The van der Waals surface area contributed by atoms with E-state index >= 15 is 0 Å². The first-order chi connectivity index (χ1) is 11.9. The molecule has 0 saturated carbocycles. The molecule has 1 amide bonds. The van der Waals surface area contributed by atoms with E-state index in [-0.39, 0.29) is 35.1 Å². The number of allylic oxidation sites excluding steroid dienone is 1. The zero-order chi connectivity index (χ0) is 18.4. The number of Topliss-reactive ketones (excluding diaryl/α,β-unsaturated/α-hetero) is 1. The first kappa shape index (κ1) is 16.5. The minimum absolute atomic E-state index is 0.0627. The van der Waals surface area contributed by atoms with E-state index in [4.69, 9.17) is 10.5 Å². The highest BCUT2D eigenvalue weighted by atomic mass is 16.5. The number of para-hydroxylation sites is 1. The predicted octanol–water partition coefficient (Wildman–Crippen LogP) is 2.04. The molecular weight excluding hydrogens is 318 g/mol. The molecule has 0 radical (unpaired) electrons. The number of nitrogens with two attached hydrogens (primary N) is 1. The third-order valence-electron chi connectivity index (χ3n) is 4.55. The minimum Gasteiger partial charge on any atom is -0.445 e. The Morgan fingerprint density at radius 2 is 2.16 bits per heavy atom. The molecule has 1 aromatic carbocycles. The lowest BCUT2D eigenvalue weighted by atomic mass is 9.67. The fraction of sp³-hybridized carbons (Fsp3) is 0.211. The average molecular weight is 335 g/mol. The van der Waals surface area contributed by atoms with Crippen LogP contribution in [0.2, 0.25) is 0 Å². The van der Waals surface area contributed by atoms with Gasteiger partial charge in [-0.2, -0.15) is 5.26 Å². The van der Waals surface area contributed by atoms with Crippen molar-refractivity contribution in [1.29, 1.82) is 5.26 Å². The van der Waals surface area contributed by atoms with Crippen molar-refractivity contribution in [2.45, 2.75) is 19.3 Å². The van der Waals surface area contributed by atoms with Gasteiger partial charge >= 0.3 is 0 Å². The first-order valence-electron chi connectivity index (χ1n) is 7.74. The number of rotatable bonds is 3. The van der Waals surface area contributed by atoms with Crippen LogP contribution in [0, 0.1) is 11.3 Å². The minimum atomic E-state index is -1.58. The Balaban J connectivity index is 2.47. The van der Waals surface area contributed by atoms with Gasteiger partial charge in [0, 0.05) is 17.8 Å². The quantitative estimate of drug-likeness (QED) is 0.853. The molecule has 1 aromatic rings. The van der Waals surface area contributed by atoms with Crippen LogP contribution in [-0.4, -0.2) is 18.2 Å². The third-order valence-corrected chi connectivity index (χ3v) is 4.55. The predicted molar refractivity (Wildman–Crippen MR) is 92.0 cm³/mol. The molecule has 0 saturated heterocycles. The van der Waals surface area contributed by atoms with Gasteiger partial charge < -0.3 is 15.4 Å². The number of nitriles is 1. The molecule has 0 aromatic heterocycles. The topological polar surface area (TPSA) is 96.4 Å². The summed E-state index contributed by atoms with van der Waals surface area (Å²) in [5.74, 6) is -0.677. The van der Waals surface area contributed by atoms with Crippen LogP contribution >= 0.6 is 0 Å². The van der Waals surface area contributed by atoms with E-state index < -0.39 is 11.3 Å². The maximum absolute atomic E-state index is 13.5. The summed E-state index contributed by atoms with van der Waals surface area (Å²) in [7, 11) is 0. The smallest absolute Gasteiger partial charge is 0.248 e. The largest absolute Gasteiger partial charge is 0.445 e. The van der Waals surface area contributed by atoms with Crippen molar-refractivity contribution in [2.75, 3.05) is 11.4 Å². The maximum Gasteiger partial charge on any atom is 0.248 e. The molecule has 0 bridgehead atoms. The van der Waals surface area contributed by atoms with Gasteiger partial charge in [0.25, 0.3) is 0 Å². The SMILES string of the molecule is C=CCN1C(=O)[C@@]2(C(C#N)=C(N)OC(C)=C2C(C)=O)c2ccccc21. The number of hydrogen-bond donors (Lipinski definition) is 1. The van der Waals surface area contributed by atoms with Gasteiger partial charge in [-0.1, -0.05) is 24.3 Å². The summed E-state index contributed by atoms with van der Waals surface area (Å²) >= 11 is 0. The monoisotopic (exact) mass is 335 g/mol. The molecule has 1 atom stereocenters. The molecular formula is C19H17N3O3. The van der Waals surface area contributed by atoms with E-state index in [1.54, 1.807) is 37.3 Å². The van der Waals surface area contributed by atoms with Crippen molar-refractivity contribution in [3.8, 4) is 6.07 Å². The number of ketones is 1. The number of ether oxygens (including phenoxy) is 1. The number of hydrogen-bond acceptors (Lipinski definition) is 5. The second-order valence-electron chi connectivity index (χ2n) is 5.91. The van der Waals surface area contributed by atoms with Crippen LogP contribution in [0.4, 0.5) is 5.69 Å². The summed E-state index contributed by atoms with van der Waals surface area (Å²) in [5, 5.41) is 9.74. The van der Waals surface area contributed by atoms with Gasteiger partial charge in [-0.05, 0) is 19.9 Å². The highest BCUT2D eigenvalue weighted by Crippen LogP contribution is 2.53. The summed E-state index contributed by atoms with van der Waals surface area (Å²) in [5.41, 5.74) is 5.61. The van der Waals surface area contributed by atoms with Crippen molar-refractivity contribution in [3.05, 3.63) is 65.3 Å². The number of carbonyl (C=O) groups excluding carboxylic acids is 2. The Morgan fingerprint density at radius 1 is 1.48 bits per heavy atom. The summed E-state index contributed by atoms with van der Waals surface area (Å²) < 4.78 is 5.41. The molecule has 2 heterocycles. The molecule has 6 heteroatoms. The standard InChI is InChI=1S/C19H17N3O3/c1-4-9-22-15-8-6-5-7-13(15)19(18(22)24)14(10-20)17(21)25-12(3)16(19)11(2)23/h4-8H,1,9,21H2,2-3H3/t19-/m1/s1. The van der Waals surface area contributed by atoms with Crippen LogP contribution in [-0.2, 0) is 19.7 Å². The summed E-state index contributed by atoms with van der Waals surface area (Å²) in [4.78, 5) is 27.5. The molecule has 3 rings (SSSR count). The van der Waals surface area contributed by atoms with Crippen molar-refractivity contribution in [2.24, 2.45) is 5.73 Å². The molecule has 6 nitrogen and oxygen atoms in total. The van der Waals surface area contributed by atoms with Crippen molar-refractivity contribution in [1.82, 2.24) is 0 Å². The van der Waals surface area contributed by atoms with E-state index in [2.05, 4.69) is 6.58 Å². The number of fused-ring (bicyclic) bond motifs is 2. The van der Waals surface area contributed by atoms with Crippen LogP contribution in [0.1, 0.15) is 19.4 Å². The van der Waals surface area contributed by atoms with Crippen molar-refractivity contribution < 1.29 is 14.3 Å². The third kappa shape index (κ3) is 1.96. The van der Waals surface area contributed by atoms with E-state index in [0.717, 1.165) is 0 Å². The number of carbonyl (C=O) groups is 2. The zero-order valence-electron chi connectivity index (χ0n) is 14.0. The van der Waals surface area contributed by atoms with Gasteiger partial charge in [-0.25, -0.2) is 0 Å². The van der Waals surface area contributed by atoms with Gasteiger partial charge in [-0.15, -0.1) is 6.58 Å². The lowest BCUT2D eigenvalue weighted by Crippen LogP contribution is -2.48. The van der Waals surface area contributed by atoms with Gasteiger partial charge in [0.05, 0.1) is 5.57 Å². The maximum atomic E-state index is 13.5. The average Bonchev–Trinajstić information content (AvgIpc) is 2.79. The van der Waals surface area contributed by atoms with Crippen LogP contribution in [0.5, 0.6) is 0 Å². The molecule has 1 spiro atoms. The highest BCUT2D eigenvalue weighted by molar-refractivity contribution is 6.19. The molecule has 0 unspecified atom stereocenters. The zero-order valence-corrected chi connectivity index (χ0v) is 14.0. The Bertz CT molecular complexity index is 920. The molecule has 25 heavy (non-hydrogen) atoms. The Morgan fingerprint density at radius 3 is 2.76 bits per heavy atom. The van der Waals surface area contributed by atoms with Crippen molar-refractivity contribution in [3.63, 3.8) is 0 Å². The molecule has 0 aliphatic carbocycles.